The van der Waals surface area contributed by atoms with Gasteiger partial charge in [0.25, 0.3) is 0 Å². The van der Waals surface area contributed by atoms with E-state index < -0.39 is 17.9 Å². The number of para-hydroxylation sites is 1. The van der Waals surface area contributed by atoms with E-state index in [0.29, 0.717) is 40.0 Å². The van der Waals surface area contributed by atoms with E-state index in [9.17, 15) is 9.59 Å². The fourth-order valence-corrected chi connectivity index (χ4v) is 5.65. The number of benzene rings is 3. The Bertz CT molecular complexity index is 1760. The summed E-state index contributed by atoms with van der Waals surface area (Å²) in [5.74, 6) is -1.40. The fraction of sp³-hybridized carbons (Fsp3) is 0.270. The maximum absolute atomic E-state index is 13.8. The van der Waals surface area contributed by atoms with Crippen molar-refractivity contribution in [3.8, 4) is 22.7 Å². The minimum Gasteiger partial charge on any atom is -0.489 e. The van der Waals surface area contributed by atoms with Crippen LogP contribution >= 0.6 is 11.6 Å². The fourth-order valence-electron chi connectivity index (χ4n) is 5.46. The van der Waals surface area contributed by atoms with Crippen molar-refractivity contribution in [2.24, 2.45) is 0 Å². The molecule has 4 aromatic rings. The minimum absolute atomic E-state index is 0.0426. The van der Waals surface area contributed by atoms with E-state index in [4.69, 9.17) is 40.4 Å². The summed E-state index contributed by atoms with van der Waals surface area (Å²) >= 11 is 6.32. The molecule has 0 unspecified atom stereocenters. The summed E-state index contributed by atoms with van der Waals surface area (Å²) in [7, 11) is 3.06. The summed E-state index contributed by atoms with van der Waals surface area (Å²) in [5, 5.41) is 8.83. The number of esters is 2. The van der Waals surface area contributed by atoms with Gasteiger partial charge >= 0.3 is 11.9 Å². The van der Waals surface area contributed by atoms with Crippen molar-refractivity contribution in [3.63, 3.8) is 0 Å². The maximum atomic E-state index is 13.8. The van der Waals surface area contributed by atoms with Crippen molar-refractivity contribution in [2.75, 3.05) is 40.6 Å². The number of dihydropyridines is 1. The first-order valence-corrected chi connectivity index (χ1v) is 15.8. The lowest BCUT2D eigenvalue weighted by molar-refractivity contribution is -0.141. The number of nitrogens with one attached hydrogen (secondary N) is 1. The summed E-state index contributed by atoms with van der Waals surface area (Å²) < 4.78 is 29.2. The van der Waals surface area contributed by atoms with Crippen LogP contribution in [-0.2, 0) is 35.1 Å². The molecule has 0 saturated heterocycles. The number of carbonyl (C=O) groups is 2. The van der Waals surface area contributed by atoms with Gasteiger partial charge in [-0.3, -0.25) is 0 Å². The average molecular weight is 672 g/mol. The average Bonchev–Trinajstić information content (AvgIpc) is 3.54. The number of methoxy groups -OCH3 is 2. The quantitative estimate of drug-likeness (QED) is 0.121. The molecule has 0 amide bonds. The van der Waals surface area contributed by atoms with Crippen LogP contribution in [0.4, 0.5) is 0 Å². The molecule has 0 bridgehead atoms. The zero-order valence-corrected chi connectivity index (χ0v) is 28.1. The molecule has 2 heterocycles. The van der Waals surface area contributed by atoms with Crippen molar-refractivity contribution in [1.82, 2.24) is 15.1 Å². The number of allylic oxidation sites excluding steroid dienone is 2. The van der Waals surface area contributed by atoms with Gasteiger partial charge in [0.05, 0.1) is 41.7 Å². The third-order valence-corrected chi connectivity index (χ3v) is 8.16. The lowest BCUT2D eigenvalue weighted by Gasteiger charge is -2.30. The van der Waals surface area contributed by atoms with Crippen molar-refractivity contribution >= 4 is 23.5 Å². The highest BCUT2D eigenvalue weighted by atomic mass is 35.5. The smallest absolute Gasteiger partial charge is 0.336 e. The highest BCUT2D eigenvalue weighted by Gasteiger charge is 2.40. The molecule has 0 spiro atoms. The monoisotopic (exact) mass is 671 g/mol. The molecule has 0 atom stereocenters. The van der Waals surface area contributed by atoms with E-state index in [-0.39, 0.29) is 37.6 Å². The van der Waals surface area contributed by atoms with Crippen molar-refractivity contribution in [2.45, 2.75) is 26.4 Å². The third kappa shape index (κ3) is 7.96. The van der Waals surface area contributed by atoms with E-state index >= 15 is 0 Å². The standard InChI is InChI=1S/C37H38ClN3O7/c1-24-32(36(42)46-20-18-44-3)34(33(25(2)39-24)37(43)47-21-19-45-4)30-22-41(28-11-6-5-7-12-28)40-35(30)26-14-16-29(17-15-26)48-23-27-10-8-9-13-31(27)38/h5-17,22,34,39H,18-21,23H2,1-4H3. The molecule has 1 N–H and O–H groups in total. The van der Waals surface area contributed by atoms with E-state index in [1.54, 1.807) is 18.5 Å². The zero-order valence-electron chi connectivity index (χ0n) is 27.3. The molecule has 0 fully saturated rings. The summed E-state index contributed by atoms with van der Waals surface area (Å²) in [6.07, 6.45) is 1.84. The molecular weight excluding hydrogens is 634 g/mol. The number of carbonyl (C=O) groups excluding carboxylic acids is 2. The van der Waals surface area contributed by atoms with Crippen LogP contribution in [0.25, 0.3) is 16.9 Å². The Morgan fingerprint density at radius 1 is 0.792 bits per heavy atom. The van der Waals surface area contributed by atoms with E-state index in [2.05, 4.69) is 5.32 Å². The van der Waals surface area contributed by atoms with Gasteiger partial charge in [0.15, 0.2) is 0 Å². The molecule has 0 aliphatic carbocycles. The zero-order chi connectivity index (χ0) is 34.0. The van der Waals surface area contributed by atoms with Gasteiger partial charge in [-0.2, -0.15) is 5.10 Å². The Labute approximate surface area is 284 Å². The highest BCUT2D eigenvalue weighted by Crippen LogP contribution is 2.43. The Kier molecular flexibility index (Phi) is 11.7. The molecule has 0 radical (unpaired) electrons. The summed E-state index contributed by atoms with van der Waals surface area (Å²) in [4.78, 5) is 27.5. The van der Waals surface area contributed by atoms with Crippen molar-refractivity contribution in [3.05, 3.63) is 124 Å². The van der Waals surface area contributed by atoms with Crippen LogP contribution in [0, 0.1) is 0 Å². The molecule has 1 aliphatic rings. The Hall–Kier alpha value is -4.90. The molecule has 48 heavy (non-hydrogen) atoms. The molecule has 3 aromatic carbocycles. The van der Waals surface area contributed by atoms with Crippen molar-refractivity contribution < 1.29 is 33.3 Å². The van der Waals surface area contributed by atoms with Gasteiger partial charge in [0.1, 0.15) is 25.6 Å². The van der Waals surface area contributed by atoms with Gasteiger partial charge in [-0.1, -0.05) is 48.0 Å². The first kappa shape index (κ1) is 34.4. The van der Waals surface area contributed by atoms with Gasteiger partial charge in [-0.25, -0.2) is 14.3 Å². The highest BCUT2D eigenvalue weighted by molar-refractivity contribution is 6.31. The second-order valence-electron chi connectivity index (χ2n) is 11.0. The van der Waals surface area contributed by atoms with Crippen LogP contribution in [0.2, 0.25) is 5.02 Å². The first-order chi connectivity index (χ1) is 23.3. The van der Waals surface area contributed by atoms with Crippen LogP contribution < -0.4 is 10.1 Å². The Morgan fingerprint density at radius 2 is 1.38 bits per heavy atom. The van der Waals surface area contributed by atoms with Gasteiger partial charge in [-0.05, 0) is 56.3 Å². The minimum atomic E-state index is -0.875. The molecule has 10 nitrogen and oxygen atoms in total. The summed E-state index contributed by atoms with van der Waals surface area (Å²) in [6.45, 7) is 4.39. The molecule has 5 rings (SSSR count). The largest absolute Gasteiger partial charge is 0.489 e. The van der Waals surface area contributed by atoms with Gasteiger partial charge < -0.3 is 29.0 Å². The number of nitrogens with zero attached hydrogens (tertiary/aromatic N) is 2. The normalized spacial score (nSPS) is 13.4. The maximum Gasteiger partial charge on any atom is 0.336 e. The second-order valence-corrected chi connectivity index (χ2v) is 11.4. The molecule has 11 heteroatoms. The van der Waals surface area contributed by atoms with E-state index in [0.717, 1.165) is 16.8 Å². The van der Waals surface area contributed by atoms with Crippen LogP contribution in [-0.4, -0.2) is 62.4 Å². The number of aromatic nitrogens is 2. The summed E-state index contributed by atoms with van der Waals surface area (Å²) in [6, 6.07) is 24.6. The number of hydrogen-bond acceptors (Lipinski definition) is 9. The molecule has 1 aromatic heterocycles. The van der Waals surface area contributed by atoms with Crippen LogP contribution in [0.1, 0.15) is 30.9 Å². The predicted molar refractivity (Wildman–Crippen MR) is 182 cm³/mol. The Morgan fingerprint density at radius 3 is 1.96 bits per heavy atom. The number of ether oxygens (including phenoxy) is 5. The van der Waals surface area contributed by atoms with Gasteiger partial charge in [-0.15, -0.1) is 0 Å². The lowest BCUT2D eigenvalue weighted by atomic mass is 9.79. The van der Waals surface area contributed by atoms with Crippen LogP contribution in [0.3, 0.4) is 0 Å². The number of rotatable bonds is 14. The molecule has 1 aliphatic heterocycles. The van der Waals surface area contributed by atoms with Crippen LogP contribution in [0.15, 0.2) is 108 Å². The van der Waals surface area contributed by atoms with Gasteiger partial charge in [0.2, 0.25) is 0 Å². The summed E-state index contributed by atoms with van der Waals surface area (Å²) in [5.41, 5.74) is 5.23. The first-order valence-electron chi connectivity index (χ1n) is 15.4. The molecule has 250 valence electrons. The SMILES string of the molecule is COCCOC(=O)C1=C(C)NC(C)=C(C(=O)OCCOC)C1c1cn(-c2ccccc2)nc1-c1ccc(OCc2ccccc2Cl)cc1. The third-order valence-electron chi connectivity index (χ3n) is 7.80. The lowest BCUT2D eigenvalue weighted by Crippen LogP contribution is -2.33. The second kappa shape index (κ2) is 16.3. The number of halogens is 1. The Balaban J connectivity index is 1.60. The van der Waals surface area contributed by atoms with E-state index in [1.807, 2.05) is 85.1 Å². The predicted octanol–water partition coefficient (Wildman–Crippen LogP) is 6.39. The van der Waals surface area contributed by atoms with Gasteiger partial charge in [0, 0.05) is 53.5 Å². The molecule has 0 saturated carbocycles. The number of hydrogen-bond donors (Lipinski definition) is 1. The van der Waals surface area contributed by atoms with E-state index in [1.165, 1.54) is 14.2 Å². The van der Waals surface area contributed by atoms with Crippen molar-refractivity contribution in [1.29, 1.82) is 0 Å². The van der Waals surface area contributed by atoms with Crippen LogP contribution in [0.5, 0.6) is 5.75 Å². The topological polar surface area (TPSA) is 110 Å². The molecular formula is C37H38ClN3O7.